The van der Waals surface area contributed by atoms with Crippen molar-refractivity contribution in [3.05, 3.63) is 0 Å². The summed E-state index contributed by atoms with van der Waals surface area (Å²) in [6.45, 7) is 0. The molecule has 0 saturated carbocycles. The van der Waals surface area contributed by atoms with Crippen molar-refractivity contribution in [3.8, 4) is 0 Å². The maximum atomic E-state index is 8.34. The standard InChI is InChI=1S/In.La.O.Sn. The van der Waals surface area contributed by atoms with Gasteiger partial charge in [0.05, 0.1) is 0 Å². The van der Waals surface area contributed by atoms with Crippen LogP contribution in [0.25, 0.3) is 0 Å². The first kappa shape index (κ1) is 15.9. The molecule has 0 saturated heterocycles. The van der Waals surface area contributed by atoms with Crippen LogP contribution in [0, 0.1) is 35.6 Å². The molecule has 0 aliphatic carbocycles. The normalized spacial score (nSPS) is 1.00. The van der Waals surface area contributed by atoms with E-state index in [0.29, 0.717) is 22.5 Å². The van der Waals surface area contributed by atoms with E-state index in [1.54, 1.807) is 0 Å². The van der Waals surface area contributed by atoms with E-state index in [-0.39, 0.29) is 61.4 Å². The molecule has 0 aromatic heterocycles. The molecule has 0 atom stereocenters. The summed E-state index contributed by atoms with van der Waals surface area (Å²) in [6.07, 6.45) is 0. The number of rotatable bonds is 0. The molecule has 6 radical (unpaired) electrons. The summed E-state index contributed by atoms with van der Waals surface area (Å²) in [5, 5.41) is 0. The van der Waals surface area contributed by atoms with Crippen molar-refractivity contribution in [2.75, 3.05) is 0 Å². The predicted octanol–water partition coefficient (Wildman–Crippen LogP) is -0.880. The summed E-state index contributed by atoms with van der Waals surface area (Å²) in [5.74, 6) is 0. The second kappa shape index (κ2) is 17.4. The Kier molecular flexibility index (Phi) is 69.1. The molecule has 4 heavy (non-hydrogen) atoms. The molecule has 0 aliphatic rings. The van der Waals surface area contributed by atoms with Crippen molar-refractivity contribution in [1.29, 1.82) is 0 Å². The van der Waals surface area contributed by atoms with Gasteiger partial charge in [-0.2, -0.15) is 0 Å². The zero-order valence-corrected chi connectivity index (χ0v) is 11.8. The summed E-state index contributed by atoms with van der Waals surface area (Å²) in [5.41, 5.74) is 0. The third kappa shape index (κ3) is 8.82. The molecule has 0 rings (SSSR count). The topological polar surface area (TPSA) is 17.1 Å². The molecule has 0 aromatic carbocycles. The molecule has 16 valence electrons. The zero-order valence-electron chi connectivity index (χ0n) is 2.06. The van der Waals surface area contributed by atoms with E-state index in [0.717, 1.165) is 0 Å². The zero-order chi connectivity index (χ0) is 2.00. The van der Waals surface area contributed by atoms with Crippen LogP contribution >= 0.6 is 0 Å². The van der Waals surface area contributed by atoms with E-state index in [1.807, 2.05) is 0 Å². The van der Waals surface area contributed by atoms with Gasteiger partial charge in [-0.1, -0.05) is 0 Å². The van der Waals surface area contributed by atoms with E-state index in [4.69, 9.17) is 3.08 Å². The average Bonchev–Trinajstić information content (AvgIpc) is 1.00. The van der Waals surface area contributed by atoms with Gasteiger partial charge in [0, 0.05) is 61.4 Å². The van der Waals surface area contributed by atoms with Crippen molar-refractivity contribution in [1.82, 2.24) is 0 Å². The molecule has 4 heteroatoms. The van der Waals surface area contributed by atoms with Gasteiger partial charge in [0.25, 0.3) is 0 Å². The quantitative estimate of drug-likeness (QED) is 0.493. The fourth-order valence-corrected chi connectivity index (χ4v) is 0. The van der Waals surface area contributed by atoms with Crippen LogP contribution < -0.4 is 0 Å². The summed E-state index contributed by atoms with van der Waals surface area (Å²) >= 11 is 0.300. The Morgan fingerprint density at radius 3 is 1.25 bits per heavy atom. The molecular weight excluding hydrogens is 388 g/mol. The third-order valence-electron chi connectivity index (χ3n) is 0. The molecule has 0 N–H and O–H groups in total. The first-order valence-electron chi connectivity index (χ1n) is 0.204. The van der Waals surface area contributed by atoms with Gasteiger partial charge in [-0.25, -0.2) is 0 Å². The van der Waals surface area contributed by atoms with Crippen molar-refractivity contribution in [2.24, 2.45) is 0 Å². The van der Waals surface area contributed by atoms with E-state index in [9.17, 15) is 0 Å². The van der Waals surface area contributed by atoms with Crippen LogP contribution in [0.3, 0.4) is 0 Å². The van der Waals surface area contributed by atoms with Gasteiger partial charge in [-0.05, 0) is 0 Å². The van der Waals surface area contributed by atoms with E-state index in [1.165, 1.54) is 0 Å². The third-order valence-corrected chi connectivity index (χ3v) is 0. The van der Waals surface area contributed by atoms with Gasteiger partial charge < -0.3 is 0 Å². The van der Waals surface area contributed by atoms with Gasteiger partial charge >= 0.3 is 25.6 Å². The molecule has 0 aromatic rings. The summed E-state index contributed by atoms with van der Waals surface area (Å²) < 4.78 is 8.34. The molecular formula is InLaOSn. The predicted molar refractivity (Wildman–Crippen MR) is 12.2 cm³/mol. The van der Waals surface area contributed by atoms with Crippen molar-refractivity contribution in [3.63, 3.8) is 0 Å². The van der Waals surface area contributed by atoms with Gasteiger partial charge in [0.1, 0.15) is 0 Å². The minimum absolute atomic E-state index is 0. The van der Waals surface area contributed by atoms with Crippen LogP contribution in [-0.4, -0.2) is 48.4 Å². The Morgan fingerprint density at radius 2 is 1.25 bits per heavy atom. The number of hydrogen-bond donors (Lipinski definition) is 0. The van der Waals surface area contributed by atoms with Crippen LogP contribution in [0.4, 0.5) is 0 Å². The Morgan fingerprint density at radius 1 is 1.25 bits per heavy atom. The fourth-order valence-electron chi connectivity index (χ4n) is 0. The second-order valence-corrected chi connectivity index (χ2v) is 0. The Labute approximate surface area is 85.1 Å². The molecule has 0 amide bonds. The van der Waals surface area contributed by atoms with Gasteiger partial charge in [-0.3, -0.25) is 0 Å². The van der Waals surface area contributed by atoms with E-state index < -0.39 is 0 Å². The molecule has 0 bridgehead atoms. The number of hydrogen-bond acceptors (Lipinski definition) is 1. The monoisotopic (exact) mass is 390 g/mol. The average molecular weight is 388 g/mol. The van der Waals surface area contributed by atoms with E-state index in [2.05, 4.69) is 0 Å². The van der Waals surface area contributed by atoms with Crippen LogP contribution in [0.2, 0.25) is 0 Å². The van der Waals surface area contributed by atoms with Crippen LogP contribution in [0.5, 0.6) is 0 Å². The van der Waals surface area contributed by atoms with E-state index >= 15 is 0 Å². The minimum atomic E-state index is 0. The molecule has 1 nitrogen and oxygen atoms in total. The molecule has 0 spiro atoms. The summed E-state index contributed by atoms with van der Waals surface area (Å²) in [6, 6.07) is 0. The Bertz CT molecular complexity index is 8.00. The second-order valence-electron chi connectivity index (χ2n) is 0. The van der Waals surface area contributed by atoms with Crippen molar-refractivity contribution in [2.45, 2.75) is 0 Å². The van der Waals surface area contributed by atoms with Crippen LogP contribution in [0.1, 0.15) is 0 Å². The van der Waals surface area contributed by atoms with Gasteiger partial charge in [-0.15, -0.1) is 0 Å². The Balaban J connectivity index is -0.00000000500. The fraction of sp³-hybridized carbons (Fsp3) is 0. The molecule has 0 fully saturated rings. The first-order valence-corrected chi connectivity index (χ1v) is 1.37. The molecule has 0 heterocycles. The maximum absolute atomic E-state index is 8.34. The van der Waals surface area contributed by atoms with Gasteiger partial charge in [0.2, 0.25) is 0 Å². The van der Waals surface area contributed by atoms with Crippen LogP contribution in [0.15, 0.2) is 0 Å². The summed E-state index contributed by atoms with van der Waals surface area (Å²) in [4.78, 5) is 0. The molecule has 0 unspecified atom stereocenters. The molecule has 0 aliphatic heterocycles. The van der Waals surface area contributed by atoms with Crippen LogP contribution in [-0.2, 0) is 3.08 Å². The summed E-state index contributed by atoms with van der Waals surface area (Å²) in [7, 11) is 0. The van der Waals surface area contributed by atoms with Gasteiger partial charge in [0.15, 0.2) is 0 Å². The Hall–Kier alpha value is 2.66. The van der Waals surface area contributed by atoms with Crippen molar-refractivity contribution < 1.29 is 38.7 Å². The SMILES string of the molecule is [In].[La].[O]=[Sn]. The first-order chi connectivity index (χ1) is 1.00. The van der Waals surface area contributed by atoms with Crippen molar-refractivity contribution >= 4 is 48.4 Å².